The van der Waals surface area contributed by atoms with E-state index >= 15 is 0 Å². The predicted molar refractivity (Wildman–Crippen MR) is 9.80 cm³/mol. The third kappa shape index (κ3) is 2350. The summed E-state index contributed by atoms with van der Waals surface area (Å²) in [6, 6.07) is 0. The summed E-state index contributed by atoms with van der Waals surface area (Å²) in [6.07, 6.45) is 1.25. The van der Waals surface area contributed by atoms with Crippen LogP contribution in [0.25, 0.3) is 0 Å². The molecule has 0 aliphatic rings. The van der Waals surface area contributed by atoms with Gasteiger partial charge in [0.2, 0.25) is 0 Å². The van der Waals surface area contributed by atoms with E-state index < -0.39 is 0 Å². The van der Waals surface area contributed by atoms with E-state index in [1.54, 1.807) is 0 Å². The molecule has 0 aromatic rings. The summed E-state index contributed by atoms with van der Waals surface area (Å²) < 4.78 is 0. The summed E-state index contributed by atoms with van der Waals surface area (Å²) >= 11 is 0. The summed E-state index contributed by atoms with van der Waals surface area (Å²) in [4.78, 5) is 0. The number of hydrogen-bond donors (Lipinski definition) is 1. The van der Waals surface area contributed by atoms with Crippen LogP contribution in [0, 0.1) is 11.5 Å². The normalized spacial score (nSPS) is 1.75. The van der Waals surface area contributed by atoms with Crippen molar-refractivity contribution in [1.82, 2.24) is 0 Å². The van der Waals surface area contributed by atoms with Crippen molar-refractivity contribution >= 4 is 0 Å². The van der Waals surface area contributed by atoms with E-state index in [2.05, 4.69) is 5.73 Å². The molecular weight excluding hydrogens is 237 g/mol. The predicted octanol–water partition coefficient (Wildman–Crippen LogP) is -0.576. The second kappa shape index (κ2) is 11.8. The quantitative estimate of drug-likeness (QED) is 0.349. The van der Waals surface area contributed by atoms with Gasteiger partial charge in [0.05, 0.1) is 0 Å². The first-order valence-electron chi connectivity index (χ1n) is 0.512. The molecule has 0 spiro atoms. The summed E-state index contributed by atoms with van der Waals surface area (Å²) in [5, 5.41) is 7.10. The Morgan fingerprint density at radius 2 is 1.75 bits per heavy atom. The van der Waals surface area contributed by atoms with Gasteiger partial charge in [0.15, 0.2) is 6.19 Å². The maximum Gasteiger partial charge on any atom is 0.173 e. The van der Waals surface area contributed by atoms with Gasteiger partial charge in [0.25, 0.3) is 0 Å². The molecular formula is CH2AuN2. The van der Waals surface area contributed by atoms with Crippen LogP contribution in [0.4, 0.5) is 0 Å². The molecule has 0 aliphatic heterocycles. The first kappa shape index (κ1) is 8.98. The molecule has 0 heterocycles. The van der Waals surface area contributed by atoms with Crippen LogP contribution >= 0.6 is 0 Å². The maximum atomic E-state index is 7.10. The Kier molecular flexibility index (Phi) is 26.4. The van der Waals surface area contributed by atoms with Crippen molar-refractivity contribution in [3.8, 4) is 6.19 Å². The van der Waals surface area contributed by atoms with E-state index in [-0.39, 0.29) is 22.4 Å². The van der Waals surface area contributed by atoms with Gasteiger partial charge < -0.3 is 5.73 Å². The second-order valence-corrected chi connectivity index (χ2v) is 0.129. The van der Waals surface area contributed by atoms with Crippen molar-refractivity contribution in [2.45, 2.75) is 0 Å². The van der Waals surface area contributed by atoms with E-state index in [1.165, 1.54) is 6.19 Å². The maximum absolute atomic E-state index is 7.10. The third-order valence-electron chi connectivity index (χ3n) is 0. The van der Waals surface area contributed by atoms with Gasteiger partial charge in [-0.2, -0.15) is 5.26 Å². The van der Waals surface area contributed by atoms with Crippen LogP contribution in [0.1, 0.15) is 0 Å². The Hall–Kier alpha value is 0.0303. The molecule has 0 aliphatic carbocycles. The SMILES string of the molecule is N#CN.[Au]. The van der Waals surface area contributed by atoms with Crippen molar-refractivity contribution in [3.63, 3.8) is 0 Å². The first-order chi connectivity index (χ1) is 1.41. The van der Waals surface area contributed by atoms with Crippen molar-refractivity contribution in [2.75, 3.05) is 0 Å². The molecule has 0 bridgehead atoms. The molecule has 0 rings (SSSR count). The fourth-order valence-electron chi connectivity index (χ4n) is 0. The van der Waals surface area contributed by atoms with Crippen LogP contribution < -0.4 is 5.73 Å². The minimum atomic E-state index is 0. The van der Waals surface area contributed by atoms with E-state index in [1.807, 2.05) is 0 Å². The van der Waals surface area contributed by atoms with E-state index in [4.69, 9.17) is 5.26 Å². The van der Waals surface area contributed by atoms with Gasteiger partial charge in [-0.3, -0.25) is 0 Å². The molecule has 1 radical (unpaired) electrons. The van der Waals surface area contributed by atoms with E-state index in [0.717, 1.165) is 0 Å². The number of nitriles is 1. The Morgan fingerprint density at radius 1 is 1.75 bits per heavy atom. The number of nitrogens with two attached hydrogens (primary N) is 1. The number of nitrogens with zero attached hydrogens (tertiary/aromatic N) is 1. The number of rotatable bonds is 0. The molecule has 0 aromatic heterocycles. The van der Waals surface area contributed by atoms with Crippen LogP contribution in [0.15, 0.2) is 0 Å². The van der Waals surface area contributed by atoms with Gasteiger partial charge in [0.1, 0.15) is 0 Å². The molecule has 2 nitrogen and oxygen atoms in total. The van der Waals surface area contributed by atoms with Crippen molar-refractivity contribution in [2.24, 2.45) is 5.73 Å². The summed E-state index contributed by atoms with van der Waals surface area (Å²) in [5.74, 6) is 0. The molecule has 27 valence electrons. The van der Waals surface area contributed by atoms with Crippen LogP contribution in [0.2, 0.25) is 0 Å². The summed E-state index contributed by atoms with van der Waals surface area (Å²) in [6.45, 7) is 0. The number of hydrogen-bond acceptors (Lipinski definition) is 2. The molecule has 2 N–H and O–H groups in total. The summed E-state index contributed by atoms with van der Waals surface area (Å²) in [7, 11) is 0. The molecule has 3 heteroatoms. The van der Waals surface area contributed by atoms with Crippen LogP contribution in [0.5, 0.6) is 0 Å². The van der Waals surface area contributed by atoms with E-state index in [9.17, 15) is 0 Å². The standard InChI is InChI=1S/CH2N2.Au/c2-1-3;/h2H2;. The average molecular weight is 239 g/mol. The first-order valence-corrected chi connectivity index (χ1v) is 0.512. The molecule has 0 aromatic carbocycles. The molecule has 0 amide bonds. The Labute approximate surface area is 40.1 Å². The van der Waals surface area contributed by atoms with Crippen molar-refractivity contribution < 1.29 is 22.4 Å². The Bertz CT molecular complexity index is 27.5. The zero-order valence-electron chi connectivity index (χ0n) is 1.83. The second-order valence-electron chi connectivity index (χ2n) is 0.129. The summed E-state index contributed by atoms with van der Waals surface area (Å²) in [5.41, 5.74) is 4.15. The Balaban J connectivity index is 0. The zero-order valence-corrected chi connectivity index (χ0v) is 3.99. The molecule has 0 saturated heterocycles. The van der Waals surface area contributed by atoms with Gasteiger partial charge in [-0.05, 0) is 0 Å². The average Bonchev–Trinajstić information content (AvgIpc) is 0.918. The van der Waals surface area contributed by atoms with Gasteiger partial charge in [-0.15, -0.1) is 0 Å². The Morgan fingerprint density at radius 3 is 1.75 bits per heavy atom. The van der Waals surface area contributed by atoms with Gasteiger partial charge in [-0.25, -0.2) is 0 Å². The van der Waals surface area contributed by atoms with Gasteiger partial charge in [-0.1, -0.05) is 0 Å². The fraction of sp³-hybridized carbons (Fsp3) is 0. The minimum absolute atomic E-state index is 0. The molecule has 4 heavy (non-hydrogen) atoms. The minimum Gasteiger partial charge on any atom is -0.337 e. The van der Waals surface area contributed by atoms with E-state index in [0.29, 0.717) is 0 Å². The smallest absolute Gasteiger partial charge is 0.173 e. The van der Waals surface area contributed by atoms with Crippen LogP contribution in [-0.2, 0) is 22.4 Å². The van der Waals surface area contributed by atoms with Crippen LogP contribution in [-0.4, -0.2) is 0 Å². The molecule has 0 atom stereocenters. The molecule has 0 unspecified atom stereocenters. The largest absolute Gasteiger partial charge is 0.337 e. The van der Waals surface area contributed by atoms with Crippen molar-refractivity contribution in [3.05, 3.63) is 0 Å². The van der Waals surface area contributed by atoms with Crippen molar-refractivity contribution in [1.29, 1.82) is 5.26 Å². The van der Waals surface area contributed by atoms with Crippen LogP contribution in [0.3, 0.4) is 0 Å². The fourth-order valence-corrected chi connectivity index (χ4v) is 0. The van der Waals surface area contributed by atoms with Gasteiger partial charge >= 0.3 is 0 Å². The monoisotopic (exact) mass is 239 g/mol. The topological polar surface area (TPSA) is 49.8 Å². The molecule has 0 fully saturated rings. The molecule has 0 saturated carbocycles. The third-order valence-corrected chi connectivity index (χ3v) is 0. The van der Waals surface area contributed by atoms with Gasteiger partial charge in [0, 0.05) is 22.4 Å². The zero-order chi connectivity index (χ0) is 2.71.